The first-order chi connectivity index (χ1) is 11.6. The minimum absolute atomic E-state index is 0.251. The molecule has 0 saturated heterocycles. The van der Waals surface area contributed by atoms with Crippen LogP contribution in [0.1, 0.15) is 10.4 Å². The van der Waals surface area contributed by atoms with Gasteiger partial charge in [-0.1, -0.05) is 24.3 Å². The van der Waals surface area contributed by atoms with Crippen molar-refractivity contribution in [3.05, 3.63) is 60.2 Å². The van der Waals surface area contributed by atoms with E-state index in [-0.39, 0.29) is 5.91 Å². The van der Waals surface area contributed by atoms with Gasteiger partial charge in [0.1, 0.15) is 11.6 Å². The van der Waals surface area contributed by atoms with Crippen molar-refractivity contribution < 1.29 is 9.53 Å². The number of nitrogens with zero attached hydrogens (tertiary/aromatic N) is 2. The van der Waals surface area contributed by atoms with E-state index in [1.54, 1.807) is 29.9 Å². The minimum atomic E-state index is -0.251. The fourth-order valence-electron chi connectivity index (χ4n) is 2.40. The molecule has 122 valence electrons. The van der Waals surface area contributed by atoms with Gasteiger partial charge in [-0.3, -0.25) is 9.48 Å². The van der Waals surface area contributed by atoms with Crippen molar-refractivity contribution in [2.45, 2.75) is 0 Å². The zero-order valence-electron chi connectivity index (χ0n) is 13.5. The Morgan fingerprint density at radius 2 is 1.88 bits per heavy atom. The third-order valence-corrected chi connectivity index (χ3v) is 3.68. The third-order valence-electron chi connectivity index (χ3n) is 3.68. The predicted octanol–water partition coefficient (Wildman–Crippen LogP) is 2.93. The number of hydrogen-bond acceptors (Lipinski definition) is 4. The Labute approximate surface area is 139 Å². The summed E-state index contributed by atoms with van der Waals surface area (Å²) in [5, 5.41) is 7.29. The van der Waals surface area contributed by atoms with Crippen LogP contribution in [0.15, 0.2) is 54.6 Å². The first kappa shape index (κ1) is 15.6. The fraction of sp³-hybridized carbons (Fsp3) is 0.111. The molecule has 1 aromatic heterocycles. The maximum atomic E-state index is 12.5. The van der Waals surface area contributed by atoms with E-state index in [2.05, 4.69) is 10.4 Å². The summed E-state index contributed by atoms with van der Waals surface area (Å²) in [5.41, 5.74) is 8.55. The lowest BCUT2D eigenvalue weighted by Crippen LogP contribution is -2.15. The van der Waals surface area contributed by atoms with Crippen LogP contribution in [0, 0.1) is 0 Å². The Morgan fingerprint density at radius 1 is 1.17 bits per heavy atom. The molecule has 3 aromatic rings. The Kier molecular flexibility index (Phi) is 4.20. The highest BCUT2D eigenvalue weighted by atomic mass is 16.5. The van der Waals surface area contributed by atoms with Crippen LogP contribution in [0.4, 0.5) is 11.5 Å². The number of para-hydroxylation sites is 1. The van der Waals surface area contributed by atoms with Gasteiger partial charge in [0.05, 0.1) is 18.4 Å². The molecule has 24 heavy (non-hydrogen) atoms. The molecule has 6 heteroatoms. The zero-order chi connectivity index (χ0) is 17.1. The molecule has 0 spiro atoms. The zero-order valence-corrected chi connectivity index (χ0v) is 13.5. The molecular weight excluding hydrogens is 304 g/mol. The van der Waals surface area contributed by atoms with Gasteiger partial charge in [-0.05, 0) is 24.3 Å². The number of nitrogen functional groups attached to an aromatic ring is 1. The molecule has 0 atom stereocenters. The number of rotatable bonds is 4. The molecule has 1 heterocycles. The summed E-state index contributed by atoms with van der Waals surface area (Å²) in [6.45, 7) is 0. The monoisotopic (exact) mass is 322 g/mol. The average Bonchev–Trinajstić information content (AvgIpc) is 2.96. The van der Waals surface area contributed by atoms with Crippen molar-refractivity contribution in [3.63, 3.8) is 0 Å². The molecule has 0 aliphatic carbocycles. The number of hydrogen-bond donors (Lipinski definition) is 2. The lowest BCUT2D eigenvalue weighted by atomic mass is 10.1. The first-order valence-corrected chi connectivity index (χ1v) is 7.43. The van der Waals surface area contributed by atoms with E-state index in [1.165, 1.54) is 7.11 Å². The maximum Gasteiger partial charge on any atom is 0.260 e. The Balaban J connectivity index is 1.85. The maximum absolute atomic E-state index is 12.5. The molecule has 3 rings (SSSR count). The van der Waals surface area contributed by atoms with Gasteiger partial charge >= 0.3 is 0 Å². The van der Waals surface area contributed by atoms with Gasteiger partial charge < -0.3 is 15.8 Å². The number of nitrogens with two attached hydrogens (primary N) is 1. The van der Waals surface area contributed by atoms with Crippen LogP contribution in [-0.4, -0.2) is 22.8 Å². The number of aryl methyl sites for hydroxylation is 1. The van der Waals surface area contributed by atoms with E-state index in [9.17, 15) is 4.79 Å². The second kappa shape index (κ2) is 6.45. The molecule has 0 aliphatic rings. The highest BCUT2D eigenvalue weighted by Crippen LogP contribution is 2.24. The van der Waals surface area contributed by atoms with E-state index in [4.69, 9.17) is 10.5 Å². The quantitative estimate of drug-likeness (QED) is 0.724. The topological polar surface area (TPSA) is 82.2 Å². The Bertz CT molecular complexity index is 869. The summed E-state index contributed by atoms with van der Waals surface area (Å²) in [6, 6.07) is 16.3. The van der Waals surface area contributed by atoms with Gasteiger partial charge in [-0.15, -0.1) is 0 Å². The molecule has 0 fully saturated rings. The summed E-state index contributed by atoms with van der Waals surface area (Å²) in [5.74, 6) is 0.868. The molecule has 2 aromatic carbocycles. The van der Waals surface area contributed by atoms with Crippen molar-refractivity contribution in [2.24, 2.45) is 7.05 Å². The van der Waals surface area contributed by atoms with Crippen molar-refractivity contribution in [2.75, 3.05) is 18.2 Å². The number of benzene rings is 2. The third kappa shape index (κ3) is 3.08. The predicted molar refractivity (Wildman–Crippen MR) is 94.0 cm³/mol. The summed E-state index contributed by atoms with van der Waals surface area (Å²) in [6.07, 6.45) is 0. The molecule has 0 bridgehead atoms. The van der Waals surface area contributed by atoms with Crippen molar-refractivity contribution in [1.82, 2.24) is 9.78 Å². The number of ether oxygens (including phenoxy) is 1. The lowest BCUT2D eigenvalue weighted by molar-refractivity contribution is 0.102. The van der Waals surface area contributed by atoms with Crippen molar-refractivity contribution in [1.29, 1.82) is 0 Å². The molecule has 0 unspecified atom stereocenters. The average molecular weight is 322 g/mol. The number of nitrogens with one attached hydrogen (secondary N) is 1. The van der Waals surface area contributed by atoms with E-state index in [0.29, 0.717) is 22.8 Å². The largest absolute Gasteiger partial charge is 0.496 e. The van der Waals surface area contributed by atoms with Crippen LogP contribution in [0.3, 0.4) is 0 Å². The highest BCUT2D eigenvalue weighted by molar-refractivity contribution is 6.06. The Morgan fingerprint density at radius 3 is 2.58 bits per heavy atom. The minimum Gasteiger partial charge on any atom is -0.496 e. The summed E-state index contributed by atoms with van der Waals surface area (Å²) >= 11 is 0. The number of carbonyl (C=O) groups excluding carboxylic acids is 1. The number of aromatic nitrogens is 2. The van der Waals surface area contributed by atoms with Gasteiger partial charge in [0, 0.05) is 24.4 Å². The molecule has 0 aliphatic heterocycles. The SMILES string of the molecule is COc1ccccc1C(=O)Nc1cc(-c2ccc(N)cc2)nn1C. The van der Waals surface area contributed by atoms with Crippen LogP contribution in [0.5, 0.6) is 5.75 Å². The summed E-state index contributed by atoms with van der Waals surface area (Å²) < 4.78 is 6.85. The summed E-state index contributed by atoms with van der Waals surface area (Å²) in [7, 11) is 3.31. The van der Waals surface area contributed by atoms with Gasteiger partial charge in [0.2, 0.25) is 0 Å². The molecule has 1 amide bonds. The van der Waals surface area contributed by atoms with E-state index in [0.717, 1.165) is 11.3 Å². The van der Waals surface area contributed by atoms with Crippen molar-refractivity contribution >= 4 is 17.4 Å². The molecule has 3 N–H and O–H groups in total. The van der Waals surface area contributed by atoms with Crippen LogP contribution >= 0.6 is 0 Å². The van der Waals surface area contributed by atoms with Crippen LogP contribution < -0.4 is 15.8 Å². The molecule has 0 saturated carbocycles. The van der Waals surface area contributed by atoms with Gasteiger partial charge in [-0.2, -0.15) is 5.10 Å². The number of carbonyl (C=O) groups is 1. The van der Waals surface area contributed by atoms with Gasteiger partial charge in [-0.25, -0.2) is 0 Å². The second-order valence-corrected chi connectivity index (χ2v) is 5.31. The smallest absolute Gasteiger partial charge is 0.260 e. The molecular formula is C18H18N4O2. The standard InChI is InChI=1S/C18H18N4O2/c1-22-17(11-15(21-22)12-7-9-13(19)10-8-12)20-18(23)14-5-3-4-6-16(14)24-2/h3-11H,19H2,1-2H3,(H,20,23). The van der Waals surface area contributed by atoms with E-state index >= 15 is 0 Å². The molecule has 0 radical (unpaired) electrons. The van der Waals surface area contributed by atoms with Gasteiger partial charge in [0.25, 0.3) is 5.91 Å². The fourth-order valence-corrected chi connectivity index (χ4v) is 2.40. The second-order valence-electron chi connectivity index (χ2n) is 5.31. The van der Waals surface area contributed by atoms with Crippen molar-refractivity contribution in [3.8, 4) is 17.0 Å². The number of methoxy groups -OCH3 is 1. The van der Waals surface area contributed by atoms with Crippen LogP contribution in [0.2, 0.25) is 0 Å². The number of anilines is 2. The van der Waals surface area contributed by atoms with Crippen LogP contribution in [-0.2, 0) is 7.05 Å². The van der Waals surface area contributed by atoms with E-state index in [1.807, 2.05) is 36.4 Å². The number of amides is 1. The lowest BCUT2D eigenvalue weighted by Gasteiger charge is -2.08. The van der Waals surface area contributed by atoms with Crippen LogP contribution in [0.25, 0.3) is 11.3 Å². The van der Waals surface area contributed by atoms with Gasteiger partial charge in [0.15, 0.2) is 0 Å². The molecule has 6 nitrogen and oxygen atoms in total. The Hall–Kier alpha value is -3.28. The van der Waals surface area contributed by atoms with E-state index < -0.39 is 0 Å². The normalized spacial score (nSPS) is 10.4. The first-order valence-electron chi connectivity index (χ1n) is 7.43. The highest BCUT2D eigenvalue weighted by Gasteiger charge is 2.14. The summed E-state index contributed by atoms with van der Waals surface area (Å²) in [4.78, 5) is 12.5.